The van der Waals surface area contributed by atoms with Crippen LogP contribution in [0.15, 0.2) is 66.7 Å². The van der Waals surface area contributed by atoms with E-state index >= 15 is 8.78 Å². The van der Waals surface area contributed by atoms with Gasteiger partial charge < -0.3 is 24.5 Å². The van der Waals surface area contributed by atoms with Crippen LogP contribution in [-0.4, -0.2) is 91.1 Å². The molecule has 3 saturated heterocycles. The Bertz CT molecular complexity index is 2290. The highest BCUT2D eigenvalue weighted by molar-refractivity contribution is 6.05. The number of hydrogen-bond acceptors (Lipinski definition) is 8. The molecule has 0 aromatic heterocycles. The van der Waals surface area contributed by atoms with Crippen LogP contribution >= 0.6 is 0 Å². The lowest BCUT2D eigenvalue weighted by atomic mass is 9.75. The molecule has 10 nitrogen and oxygen atoms in total. The quantitative estimate of drug-likeness (QED) is 0.213. The molecule has 0 radical (unpaired) electrons. The fourth-order valence-electron chi connectivity index (χ4n) is 9.68. The first-order valence-electron chi connectivity index (χ1n) is 20.2. The number of hydrogen-bond donors (Lipinski definition) is 2. The van der Waals surface area contributed by atoms with Gasteiger partial charge in [0.05, 0.1) is 18.0 Å². The molecule has 3 unspecified atom stereocenters. The third-order valence-electron chi connectivity index (χ3n) is 12.9. The number of anilines is 2. The average molecular weight is 794 g/mol. The largest absolute Gasteiger partial charge is 0.508 e. The van der Waals surface area contributed by atoms with E-state index < -0.39 is 17.8 Å². The summed E-state index contributed by atoms with van der Waals surface area (Å²) in [5, 5.41) is 12.5. The van der Waals surface area contributed by atoms with Gasteiger partial charge in [-0.1, -0.05) is 24.3 Å². The van der Waals surface area contributed by atoms with Crippen molar-refractivity contribution >= 4 is 29.1 Å². The number of aromatic hydroxyl groups is 1. The van der Waals surface area contributed by atoms with E-state index in [0.29, 0.717) is 53.9 Å². The lowest BCUT2D eigenvalue weighted by Crippen LogP contribution is -2.52. The monoisotopic (exact) mass is 793 g/mol. The molecule has 0 spiro atoms. The van der Waals surface area contributed by atoms with E-state index in [-0.39, 0.29) is 66.0 Å². The Morgan fingerprint density at radius 3 is 2.26 bits per heavy atom. The summed E-state index contributed by atoms with van der Waals surface area (Å²) in [5.74, 6) is -1.61. The maximum absolute atomic E-state index is 16.1. The number of aryl methyl sites for hydroxylation is 1. The lowest BCUT2D eigenvalue weighted by Gasteiger charge is -2.40. The summed E-state index contributed by atoms with van der Waals surface area (Å²) in [6.45, 7) is 7.41. The number of ether oxygens (including phenoxy) is 1. The van der Waals surface area contributed by atoms with Crippen molar-refractivity contribution in [3.8, 4) is 11.5 Å². The summed E-state index contributed by atoms with van der Waals surface area (Å²) in [7, 11) is 0. The summed E-state index contributed by atoms with van der Waals surface area (Å²) in [6, 6.07) is 17.8. The molecule has 4 aromatic carbocycles. The Balaban J connectivity index is 0.812. The summed E-state index contributed by atoms with van der Waals surface area (Å²) in [6.07, 6.45) is 2.25. The fourth-order valence-corrected chi connectivity index (χ4v) is 9.68. The van der Waals surface area contributed by atoms with Gasteiger partial charge in [0.25, 0.3) is 5.91 Å². The molecule has 5 heterocycles. The maximum Gasteiger partial charge on any atom is 0.255 e. The van der Waals surface area contributed by atoms with E-state index in [0.717, 1.165) is 62.3 Å². The SMILES string of the molecule is Cc1cc(C2COc3cc(O)ccc3C2c2ccc(N3CCC(CN4CCN(c5cc6c(cc5F)C(=O)N(C5CCC(=O)NC5=O)C6)CC4)CC3)c(F)c2)ccc1F. The van der Waals surface area contributed by atoms with E-state index in [1.165, 1.54) is 17.0 Å². The molecule has 4 aromatic rings. The van der Waals surface area contributed by atoms with Crippen molar-refractivity contribution in [3.63, 3.8) is 0 Å². The van der Waals surface area contributed by atoms with Crippen LogP contribution in [0.4, 0.5) is 24.5 Å². The molecule has 2 N–H and O–H groups in total. The number of imide groups is 1. The Morgan fingerprint density at radius 2 is 1.52 bits per heavy atom. The number of phenols is 1. The molecule has 0 bridgehead atoms. The standard InChI is InChI=1S/C45H46F3N5O5/c1-26-18-28(2-6-35(26)46)34-25-58-41-21-31(54)4-5-32(41)43(34)29-3-7-38(36(47)19-29)51-12-10-27(11-13-51)23-50-14-16-52(17-15-50)40-20-30-24-53(45(57)33(30)22-37(40)48)39-8-9-42(55)49-44(39)56/h2-7,18-22,27,34,39,43,54H,8-17,23-25H2,1H3,(H,49,55,56). The van der Waals surface area contributed by atoms with Crippen LogP contribution in [0, 0.1) is 30.3 Å². The topological polar surface area (TPSA) is 106 Å². The molecule has 13 heteroatoms. The van der Waals surface area contributed by atoms with Crippen LogP contribution in [-0.2, 0) is 16.1 Å². The minimum absolute atomic E-state index is 0.0913. The minimum Gasteiger partial charge on any atom is -0.508 e. The first-order valence-corrected chi connectivity index (χ1v) is 20.2. The summed E-state index contributed by atoms with van der Waals surface area (Å²) in [4.78, 5) is 45.2. The maximum atomic E-state index is 16.1. The van der Waals surface area contributed by atoms with Gasteiger partial charge in [-0.3, -0.25) is 24.6 Å². The molecule has 5 aliphatic rings. The van der Waals surface area contributed by atoms with E-state index in [1.54, 1.807) is 37.3 Å². The third-order valence-corrected chi connectivity index (χ3v) is 12.9. The van der Waals surface area contributed by atoms with Gasteiger partial charge in [0, 0.05) is 87.8 Å². The Hall–Kier alpha value is -5.56. The smallest absolute Gasteiger partial charge is 0.255 e. The van der Waals surface area contributed by atoms with Gasteiger partial charge in [-0.05, 0) is 90.8 Å². The number of halogens is 3. The number of fused-ring (bicyclic) bond motifs is 2. The van der Waals surface area contributed by atoms with Crippen LogP contribution in [0.3, 0.4) is 0 Å². The predicted molar refractivity (Wildman–Crippen MR) is 212 cm³/mol. The predicted octanol–water partition coefficient (Wildman–Crippen LogP) is 6.23. The molecule has 3 amide bonds. The number of piperidine rings is 2. The van der Waals surface area contributed by atoms with Crippen molar-refractivity contribution < 1.29 is 37.4 Å². The van der Waals surface area contributed by atoms with E-state index in [9.17, 15) is 23.9 Å². The van der Waals surface area contributed by atoms with Gasteiger partial charge in [-0.2, -0.15) is 0 Å². The number of nitrogens with one attached hydrogen (secondary N) is 1. The first-order chi connectivity index (χ1) is 28.0. The van der Waals surface area contributed by atoms with E-state index in [1.807, 2.05) is 29.2 Å². The van der Waals surface area contributed by atoms with Crippen molar-refractivity contribution in [3.05, 3.63) is 118 Å². The highest BCUT2D eigenvalue weighted by Gasteiger charge is 2.40. The summed E-state index contributed by atoms with van der Waals surface area (Å²) >= 11 is 0. The number of phenolic OH excluding ortho intramolecular Hbond substituents is 1. The molecule has 3 fully saturated rings. The van der Waals surface area contributed by atoms with Crippen LogP contribution in [0.5, 0.6) is 11.5 Å². The number of benzene rings is 4. The second-order valence-electron chi connectivity index (χ2n) is 16.4. The van der Waals surface area contributed by atoms with E-state index in [2.05, 4.69) is 15.1 Å². The van der Waals surface area contributed by atoms with Gasteiger partial charge in [0.15, 0.2) is 0 Å². The number of carbonyl (C=O) groups is 3. The zero-order valence-corrected chi connectivity index (χ0v) is 32.4. The van der Waals surface area contributed by atoms with Crippen LogP contribution in [0.1, 0.15) is 75.7 Å². The molecule has 302 valence electrons. The van der Waals surface area contributed by atoms with E-state index in [4.69, 9.17) is 4.74 Å². The molecule has 0 aliphatic carbocycles. The number of amides is 3. The molecule has 58 heavy (non-hydrogen) atoms. The molecule has 0 saturated carbocycles. The van der Waals surface area contributed by atoms with Crippen molar-refractivity contribution in [1.29, 1.82) is 0 Å². The lowest BCUT2D eigenvalue weighted by molar-refractivity contribution is -0.136. The first kappa shape index (κ1) is 38.0. The van der Waals surface area contributed by atoms with Crippen LogP contribution in [0.25, 0.3) is 0 Å². The van der Waals surface area contributed by atoms with Crippen molar-refractivity contribution in [2.75, 3.05) is 62.2 Å². The van der Waals surface area contributed by atoms with Gasteiger partial charge in [0.2, 0.25) is 11.8 Å². The molecular weight excluding hydrogens is 748 g/mol. The molecular formula is C45H46F3N5O5. The van der Waals surface area contributed by atoms with Gasteiger partial charge in [0.1, 0.15) is 35.0 Å². The summed E-state index contributed by atoms with van der Waals surface area (Å²) < 4.78 is 51.9. The summed E-state index contributed by atoms with van der Waals surface area (Å²) in [5.41, 5.74) is 5.06. The molecule has 5 aliphatic heterocycles. The number of nitrogens with zero attached hydrogens (tertiary/aromatic N) is 4. The van der Waals surface area contributed by atoms with Crippen molar-refractivity contribution in [2.45, 2.75) is 57.0 Å². The Kier molecular flexibility index (Phi) is 10.0. The highest BCUT2D eigenvalue weighted by atomic mass is 19.1. The second kappa shape index (κ2) is 15.3. The fraction of sp³-hybridized carbons (Fsp3) is 0.400. The number of rotatable bonds is 7. The number of carbonyl (C=O) groups excluding carboxylic acids is 3. The Labute approximate surface area is 335 Å². The highest BCUT2D eigenvalue weighted by Crippen LogP contribution is 2.48. The van der Waals surface area contributed by atoms with Crippen LogP contribution < -0.4 is 19.9 Å². The second-order valence-corrected chi connectivity index (χ2v) is 16.4. The van der Waals surface area contributed by atoms with Crippen molar-refractivity contribution in [1.82, 2.24) is 15.1 Å². The van der Waals surface area contributed by atoms with Crippen LogP contribution in [0.2, 0.25) is 0 Å². The number of piperazine rings is 1. The zero-order valence-electron chi connectivity index (χ0n) is 32.4. The zero-order chi connectivity index (χ0) is 40.2. The average Bonchev–Trinajstić information content (AvgIpc) is 3.52. The van der Waals surface area contributed by atoms with Crippen molar-refractivity contribution in [2.24, 2.45) is 5.92 Å². The molecule has 3 atom stereocenters. The molecule has 9 rings (SSSR count). The third kappa shape index (κ3) is 7.14. The van der Waals surface area contributed by atoms with Gasteiger partial charge >= 0.3 is 0 Å². The normalized spacial score (nSPS) is 22.8. The Morgan fingerprint density at radius 1 is 0.776 bits per heavy atom. The van der Waals surface area contributed by atoms with Gasteiger partial charge in [-0.15, -0.1) is 0 Å². The minimum atomic E-state index is -0.745. The van der Waals surface area contributed by atoms with Gasteiger partial charge in [-0.25, -0.2) is 13.2 Å².